The van der Waals surface area contributed by atoms with Crippen LogP contribution in [0.2, 0.25) is 0 Å². The number of nitrogen functional groups attached to an aromatic ring is 1. The van der Waals surface area contributed by atoms with E-state index in [2.05, 4.69) is 4.98 Å². The van der Waals surface area contributed by atoms with E-state index in [1.807, 2.05) is 20.8 Å². The first-order valence-electron chi connectivity index (χ1n) is 6.97. The number of hydrogen-bond acceptors (Lipinski definition) is 6. The molecule has 2 heterocycles. The summed E-state index contributed by atoms with van der Waals surface area (Å²) in [6, 6.07) is 1.57. The molecule has 0 aliphatic carbocycles. The largest absolute Gasteiger partial charge is 0.383 e. The molecule has 0 amide bonds. The Bertz CT molecular complexity index is 538. The molecule has 0 aromatic carbocycles. The van der Waals surface area contributed by atoms with E-state index in [0.29, 0.717) is 13.0 Å². The Kier molecular flexibility index (Phi) is 4.65. The fourth-order valence-electron chi connectivity index (χ4n) is 2.25. The van der Waals surface area contributed by atoms with Crippen molar-refractivity contribution in [3.05, 3.63) is 22.7 Å². The smallest absolute Gasteiger partial charge is 0.351 e. The average Bonchev–Trinajstić information content (AvgIpc) is 2.78. The van der Waals surface area contributed by atoms with Gasteiger partial charge in [0.25, 0.3) is 0 Å². The first-order chi connectivity index (χ1) is 9.80. The molecular formula is C14H23N3O4. The molecule has 7 heteroatoms. The summed E-state index contributed by atoms with van der Waals surface area (Å²) in [6.45, 7) is 6.36. The quantitative estimate of drug-likeness (QED) is 0.890. The molecule has 1 aliphatic heterocycles. The summed E-state index contributed by atoms with van der Waals surface area (Å²) in [4.78, 5) is 15.6. The minimum Gasteiger partial charge on any atom is -0.383 e. The lowest BCUT2D eigenvalue weighted by molar-refractivity contribution is -0.104. The minimum atomic E-state index is -0.424. The van der Waals surface area contributed by atoms with E-state index in [1.165, 1.54) is 4.57 Å². The van der Waals surface area contributed by atoms with Crippen LogP contribution in [0.1, 0.15) is 33.4 Å². The Labute approximate surface area is 124 Å². The van der Waals surface area contributed by atoms with Crippen molar-refractivity contribution in [2.45, 2.75) is 51.2 Å². The summed E-state index contributed by atoms with van der Waals surface area (Å²) in [5.41, 5.74) is 4.82. The SMILES string of the molecule is COC1C[C@H](n2ccc(N)nc2=O)O[C@@H]1COC(C)(C)C. The summed E-state index contributed by atoms with van der Waals surface area (Å²) < 4.78 is 18.5. The summed E-state index contributed by atoms with van der Waals surface area (Å²) in [5, 5.41) is 0. The molecule has 1 aromatic rings. The maximum Gasteiger partial charge on any atom is 0.351 e. The fraction of sp³-hybridized carbons (Fsp3) is 0.714. The topological polar surface area (TPSA) is 88.6 Å². The number of hydrogen-bond donors (Lipinski definition) is 1. The maximum absolute atomic E-state index is 11.9. The number of nitrogens with two attached hydrogens (primary N) is 1. The highest BCUT2D eigenvalue weighted by Crippen LogP contribution is 2.30. The van der Waals surface area contributed by atoms with Gasteiger partial charge in [-0.15, -0.1) is 0 Å². The molecule has 0 saturated carbocycles. The third kappa shape index (κ3) is 4.03. The van der Waals surface area contributed by atoms with Crippen LogP contribution in [0.25, 0.3) is 0 Å². The van der Waals surface area contributed by atoms with Gasteiger partial charge in [-0.2, -0.15) is 4.98 Å². The van der Waals surface area contributed by atoms with Crippen LogP contribution in [0.4, 0.5) is 5.82 Å². The van der Waals surface area contributed by atoms with Gasteiger partial charge in [-0.25, -0.2) is 4.79 Å². The van der Waals surface area contributed by atoms with Crippen LogP contribution < -0.4 is 11.4 Å². The van der Waals surface area contributed by atoms with Gasteiger partial charge in [0.05, 0.1) is 18.3 Å². The van der Waals surface area contributed by atoms with E-state index in [9.17, 15) is 4.79 Å². The molecule has 1 aromatic heterocycles. The van der Waals surface area contributed by atoms with Crippen LogP contribution in [0.15, 0.2) is 17.1 Å². The van der Waals surface area contributed by atoms with E-state index in [1.54, 1.807) is 19.4 Å². The Morgan fingerprint density at radius 2 is 2.24 bits per heavy atom. The van der Waals surface area contributed by atoms with Gasteiger partial charge in [0, 0.05) is 19.7 Å². The molecule has 21 heavy (non-hydrogen) atoms. The number of nitrogens with zero attached hydrogens (tertiary/aromatic N) is 2. The third-order valence-corrected chi connectivity index (χ3v) is 3.33. The first-order valence-corrected chi connectivity index (χ1v) is 6.97. The predicted octanol–water partition coefficient (Wildman–Crippen LogP) is 0.943. The predicted molar refractivity (Wildman–Crippen MR) is 77.9 cm³/mol. The zero-order chi connectivity index (χ0) is 15.6. The van der Waals surface area contributed by atoms with Crippen LogP contribution >= 0.6 is 0 Å². The van der Waals surface area contributed by atoms with E-state index in [-0.39, 0.29) is 23.6 Å². The molecule has 0 spiro atoms. The Hall–Kier alpha value is -1.44. The van der Waals surface area contributed by atoms with Gasteiger partial charge in [0.1, 0.15) is 18.1 Å². The zero-order valence-corrected chi connectivity index (χ0v) is 12.9. The molecule has 1 fully saturated rings. The van der Waals surface area contributed by atoms with Crippen LogP contribution in [0.5, 0.6) is 0 Å². The molecule has 2 N–H and O–H groups in total. The van der Waals surface area contributed by atoms with Gasteiger partial charge in [-0.3, -0.25) is 4.57 Å². The van der Waals surface area contributed by atoms with Gasteiger partial charge in [-0.05, 0) is 26.8 Å². The molecule has 0 bridgehead atoms. The van der Waals surface area contributed by atoms with Crippen molar-refractivity contribution < 1.29 is 14.2 Å². The highest BCUT2D eigenvalue weighted by molar-refractivity contribution is 5.23. The van der Waals surface area contributed by atoms with Crippen molar-refractivity contribution in [1.82, 2.24) is 9.55 Å². The second-order valence-electron chi connectivity index (χ2n) is 6.10. The molecule has 7 nitrogen and oxygen atoms in total. The highest BCUT2D eigenvalue weighted by atomic mass is 16.6. The summed E-state index contributed by atoms with van der Waals surface area (Å²) in [6.07, 6.45) is 1.41. The summed E-state index contributed by atoms with van der Waals surface area (Å²) in [5.74, 6) is 0.199. The van der Waals surface area contributed by atoms with Gasteiger partial charge in [-0.1, -0.05) is 0 Å². The van der Waals surface area contributed by atoms with E-state index >= 15 is 0 Å². The van der Waals surface area contributed by atoms with Crippen molar-refractivity contribution in [1.29, 1.82) is 0 Å². The van der Waals surface area contributed by atoms with Crippen molar-refractivity contribution in [3.63, 3.8) is 0 Å². The Morgan fingerprint density at radius 3 is 2.81 bits per heavy atom. The lowest BCUT2D eigenvalue weighted by Crippen LogP contribution is -2.33. The number of aromatic nitrogens is 2. The van der Waals surface area contributed by atoms with Crippen molar-refractivity contribution in [2.75, 3.05) is 19.5 Å². The molecule has 1 aliphatic rings. The second kappa shape index (κ2) is 6.13. The number of methoxy groups -OCH3 is 1. The maximum atomic E-state index is 11.9. The van der Waals surface area contributed by atoms with Crippen LogP contribution in [0, 0.1) is 0 Å². The van der Waals surface area contributed by atoms with Crippen molar-refractivity contribution >= 4 is 5.82 Å². The highest BCUT2D eigenvalue weighted by Gasteiger charge is 2.37. The van der Waals surface area contributed by atoms with Gasteiger partial charge >= 0.3 is 5.69 Å². The van der Waals surface area contributed by atoms with Crippen molar-refractivity contribution in [2.24, 2.45) is 0 Å². The molecule has 0 radical (unpaired) electrons. The first kappa shape index (κ1) is 15.9. The molecule has 1 saturated heterocycles. The summed E-state index contributed by atoms with van der Waals surface area (Å²) in [7, 11) is 1.63. The van der Waals surface area contributed by atoms with E-state index < -0.39 is 11.9 Å². The van der Waals surface area contributed by atoms with Crippen LogP contribution in [-0.2, 0) is 14.2 Å². The van der Waals surface area contributed by atoms with Gasteiger partial charge in [0.15, 0.2) is 0 Å². The number of anilines is 1. The van der Waals surface area contributed by atoms with E-state index in [4.69, 9.17) is 19.9 Å². The Balaban J connectivity index is 2.09. The standard InChI is InChI=1S/C14H23N3O4/c1-14(2,3)20-8-10-9(19-4)7-12(21-10)17-6-5-11(15)16-13(17)18/h5-6,9-10,12H,7-8H2,1-4H3,(H2,15,16,18)/t9?,10-,12-/m1/s1. The minimum absolute atomic E-state index is 0.123. The Morgan fingerprint density at radius 1 is 1.52 bits per heavy atom. The molecule has 2 rings (SSSR count). The lowest BCUT2D eigenvalue weighted by atomic mass is 10.1. The van der Waals surface area contributed by atoms with Gasteiger partial charge < -0.3 is 19.9 Å². The molecular weight excluding hydrogens is 274 g/mol. The zero-order valence-electron chi connectivity index (χ0n) is 12.9. The molecule has 118 valence electrons. The van der Waals surface area contributed by atoms with Crippen LogP contribution in [0.3, 0.4) is 0 Å². The number of rotatable bonds is 4. The third-order valence-electron chi connectivity index (χ3n) is 3.33. The van der Waals surface area contributed by atoms with E-state index in [0.717, 1.165) is 0 Å². The molecule has 1 unspecified atom stereocenters. The van der Waals surface area contributed by atoms with Crippen LogP contribution in [-0.4, -0.2) is 41.1 Å². The second-order valence-corrected chi connectivity index (χ2v) is 6.10. The lowest BCUT2D eigenvalue weighted by Gasteiger charge is -2.24. The van der Waals surface area contributed by atoms with Gasteiger partial charge in [0.2, 0.25) is 0 Å². The fourth-order valence-corrected chi connectivity index (χ4v) is 2.25. The normalized spacial score (nSPS) is 26.2. The molecule has 3 atom stereocenters. The average molecular weight is 297 g/mol. The van der Waals surface area contributed by atoms with Crippen molar-refractivity contribution in [3.8, 4) is 0 Å². The number of ether oxygens (including phenoxy) is 3. The summed E-state index contributed by atoms with van der Waals surface area (Å²) >= 11 is 0. The monoisotopic (exact) mass is 297 g/mol.